The monoisotopic (exact) mass is 514 g/mol. The van der Waals surface area contributed by atoms with Crippen LogP contribution in [0, 0.1) is 0 Å². The fourth-order valence-electron chi connectivity index (χ4n) is 3.84. The Hall–Kier alpha value is -4.58. The number of phenols is 2. The highest BCUT2D eigenvalue weighted by Crippen LogP contribution is 2.32. The predicted molar refractivity (Wildman–Crippen MR) is 123 cm³/mol. The highest BCUT2D eigenvalue weighted by Gasteiger charge is 2.52. The van der Waals surface area contributed by atoms with Gasteiger partial charge in [-0.15, -0.1) is 0 Å². The van der Waals surface area contributed by atoms with Crippen molar-refractivity contribution in [3.8, 4) is 28.4 Å². The van der Waals surface area contributed by atoms with Gasteiger partial charge in [-0.05, 0) is 17.7 Å². The number of hydrogen-bond acceptors (Lipinski definition) is 12. The van der Waals surface area contributed by atoms with E-state index in [9.17, 15) is 29.4 Å². The molecule has 194 valence electrons. The number of rotatable bonds is 6. The van der Waals surface area contributed by atoms with Crippen molar-refractivity contribution in [3.63, 3.8) is 0 Å². The molecule has 1 aromatic heterocycles. The van der Waals surface area contributed by atoms with Crippen molar-refractivity contribution in [3.05, 3.63) is 52.9 Å². The summed E-state index contributed by atoms with van der Waals surface area (Å²) in [4.78, 5) is 47.7. The van der Waals surface area contributed by atoms with Crippen molar-refractivity contribution in [2.75, 3.05) is 0 Å². The first kappa shape index (κ1) is 25.5. The lowest BCUT2D eigenvalue weighted by atomic mass is 10.0. The van der Waals surface area contributed by atoms with E-state index in [0.29, 0.717) is 5.56 Å². The fourth-order valence-corrected chi connectivity index (χ4v) is 3.84. The Labute approximate surface area is 208 Å². The second kappa shape index (κ2) is 10.2. The molecule has 0 radical (unpaired) electrons. The zero-order valence-electron chi connectivity index (χ0n) is 19.8. The number of ether oxygens (including phenoxy) is 5. The van der Waals surface area contributed by atoms with E-state index in [2.05, 4.69) is 0 Å². The summed E-state index contributed by atoms with van der Waals surface area (Å²) in [6.07, 6.45) is -4.02. The third-order valence-corrected chi connectivity index (χ3v) is 5.27. The van der Waals surface area contributed by atoms with E-state index in [4.69, 9.17) is 28.1 Å². The molecule has 1 saturated heterocycles. The average molecular weight is 514 g/mol. The van der Waals surface area contributed by atoms with E-state index in [-0.39, 0.29) is 28.0 Å². The lowest BCUT2D eigenvalue weighted by Gasteiger charge is -2.22. The van der Waals surface area contributed by atoms with Gasteiger partial charge in [0.2, 0.25) is 30.2 Å². The van der Waals surface area contributed by atoms with Crippen LogP contribution in [-0.4, -0.2) is 52.9 Å². The lowest BCUT2D eigenvalue weighted by molar-refractivity contribution is -0.207. The first-order valence-electron chi connectivity index (χ1n) is 10.9. The van der Waals surface area contributed by atoms with E-state index < -0.39 is 53.9 Å². The van der Waals surface area contributed by atoms with Crippen molar-refractivity contribution in [2.24, 2.45) is 0 Å². The fraction of sp³-hybridized carbons (Fsp3) is 0.280. The Morgan fingerprint density at radius 2 is 1.43 bits per heavy atom. The Morgan fingerprint density at radius 1 is 0.838 bits per heavy atom. The third kappa shape index (κ3) is 5.48. The molecule has 3 aromatic rings. The average Bonchev–Trinajstić information content (AvgIpc) is 3.08. The van der Waals surface area contributed by atoms with Crippen LogP contribution in [0.25, 0.3) is 22.1 Å². The molecular formula is C25H22O12. The maximum absolute atomic E-state index is 12.9. The van der Waals surface area contributed by atoms with Crippen LogP contribution < -0.4 is 10.2 Å². The second-order valence-corrected chi connectivity index (χ2v) is 8.09. The van der Waals surface area contributed by atoms with E-state index in [1.165, 1.54) is 36.6 Å². The Bertz CT molecular complexity index is 1410. The topological polar surface area (TPSA) is 168 Å². The molecule has 2 N–H and O–H groups in total. The van der Waals surface area contributed by atoms with Crippen molar-refractivity contribution in [1.29, 1.82) is 0 Å². The summed E-state index contributed by atoms with van der Waals surface area (Å²) in [5.41, 5.74) is 0.0652. The number of fused-ring (bicyclic) bond motifs is 1. The summed E-state index contributed by atoms with van der Waals surface area (Å²) >= 11 is 0. The zero-order valence-corrected chi connectivity index (χ0v) is 19.8. The van der Waals surface area contributed by atoms with Gasteiger partial charge in [-0.1, -0.05) is 12.1 Å². The number of benzene rings is 2. The largest absolute Gasteiger partial charge is 0.508 e. The van der Waals surface area contributed by atoms with Gasteiger partial charge in [0.05, 0.1) is 5.56 Å². The summed E-state index contributed by atoms with van der Waals surface area (Å²) in [6, 6.07) is 8.30. The molecule has 1 fully saturated rings. The number of aromatic hydroxyl groups is 2. The summed E-state index contributed by atoms with van der Waals surface area (Å²) in [7, 11) is 0. The van der Waals surface area contributed by atoms with Crippen LogP contribution in [0.15, 0.2) is 51.9 Å². The van der Waals surface area contributed by atoms with Crippen LogP contribution in [0.4, 0.5) is 0 Å². The number of hydrogen-bond donors (Lipinski definition) is 2. The maximum Gasteiger partial charge on any atom is 0.305 e. The maximum atomic E-state index is 12.9. The van der Waals surface area contributed by atoms with Crippen molar-refractivity contribution >= 4 is 28.9 Å². The Kier molecular flexibility index (Phi) is 7.02. The minimum Gasteiger partial charge on any atom is -0.508 e. The molecule has 2 heterocycles. The van der Waals surface area contributed by atoms with Gasteiger partial charge in [0.1, 0.15) is 34.5 Å². The smallest absolute Gasteiger partial charge is 0.305 e. The van der Waals surface area contributed by atoms with E-state index in [1.807, 2.05) is 0 Å². The van der Waals surface area contributed by atoms with E-state index >= 15 is 0 Å². The third-order valence-electron chi connectivity index (χ3n) is 5.27. The van der Waals surface area contributed by atoms with E-state index in [0.717, 1.165) is 26.8 Å². The van der Waals surface area contributed by atoms with Gasteiger partial charge >= 0.3 is 17.9 Å². The Morgan fingerprint density at radius 3 is 2.03 bits per heavy atom. The highest BCUT2D eigenvalue weighted by atomic mass is 16.8. The van der Waals surface area contributed by atoms with Crippen LogP contribution in [0.1, 0.15) is 20.8 Å². The normalized spacial score (nSPS) is 20.8. The zero-order chi connectivity index (χ0) is 26.9. The van der Waals surface area contributed by atoms with Crippen molar-refractivity contribution < 1.29 is 52.7 Å². The first-order chi connectivity index (χ1) is 17.5. The van der Waals surface area contributed by atoms with Gasteiger partial charge in [-0.2, -0.15) is 0 Å². The van der Waals surface area contributed by atoms with Gasteiger partial charge in [0.25, 0.3) is 0 Å². The quantitative estimate of drug-likeness (QED) is 0.364. The van der Waals surface area contributed by atoms with Crippen LogP contribution in [0.3, 0.4) is 0 Å². The summed E-state index contributed by atoms with van der Waals surface area (Å²) in [5.74, 6) is -2.61. The molecule has 0 bridgehead atoms. The van der Waals surface area contributed by atoms with Crippen LogP contribution in [-0.2, 0) is 33.3 Å². The van der Waals surface area contributed by atoms with Gasteiger partial charge in [-0.3, -0.25) is 23.9 Å². The number of phenolic OH excluding ortho intramolecular Hbond substituents is 2. The van der Waals surface area contributed by atoms with Crippen molar-refractivity contribution in [2.45, 2.75) is 45.6 Å². The molecule has 2 aromatic carbocycles. The summed E-state index contributed by atoms with van der Waals surface area (Å²) in [5, 5.41) is 19.6. The second-order valence-electron chi connectivity index (χ2n) is 8.09. The van der Waals surface area contributed by atoms with Crippen LogP contribution in [0.2, 0.25) is 0 Å². The number of esters is 3. The summed E-state index contributed by atoms with van der Waals surface area (Å²) < 4.78 is 32.2. The number of carbonyl (C=O) groups excluding carboxylic acids is 3. The molecule has 12 nitrogen and oxygen atoms in total. The molecule has 12 heteroatoms. The van der Waals surface area contributed by atoms with Gasteiger partial charge < -0.3 is 33.6 Å². The highest BCUT2D eigenvalue weighted by molar-refractivity contribution is 5.88. The standard InChI is InChI=1S/C25H22O12/c1-11(26)33-22-23(34-12(2)27)25(37-24(22)35-13(3)28)36-16-6-4-14(5-7-16)17-10-32-19-9-15(29)8-18(30)20(19)21(17)31/h4-10,22-25,29-30H,1-3H3/t22-,23+,24-,25-/m0/s1. The molecule has 0 amide bonds. The Balaban J connectivity index is 1.60. The molecule has 4 atom stereocenters. The van der Waals surface area contributed by atoms with Gasteiger partial charge in [0, 0.05) is 32.9 Å². The first-order valence-corrected chi connectivity index (χ1v) is 10.9. The SMILES string of the molecule is CC(=O)O[C@H]1O[C@H](Oc2ccc(-c3coc4cc(O)cc(O)c4c3=O)cc2)[C@H](OC(C)=O)[C@@H]1OC(C)=O. The van der Waals surface area contributed by atoms with Gasteiger partial charge in [-0.25, -0.2) is 0 Å². The lowest BCUT2D eigenvalue weighted by Crippen LogP contribution is -2.42. The molecule has 0 saturated carbocycles. The van der Waals surface area contributed by atoms with Crippen LogP contribution in [0.5, 0.6) is 17.2 Å². The predicted octanol–water partition coefficient (Wildman–Crippen LogP) is 2.36. The molecule has 1 aliphatic heterocycles. The molecular weight excluding hydrogens is 492 g/mol. The molecule has 37 heavy (non-hydrogen) atoms. The molecule has 4 rings (SSSR count). The molecule has 0 spiro atoms. The number of carbonyl (C=O) groups is 3. The van der Waals surface area contributed by atoms with Gasteiger partial charge in [0.15, 0.2) is 0 Å². The molecule has 1 aliphatic rings. The molecule has 0 unspecified atom stereocenters. The van der Waals surface area contributed by atoms with E-state index in [1.54, 1.807) is 0 Å². The summed E-state index contributed by atoms with van der Waals surface area (Å²) in [6.45, 7) is 3.41. The van der Waals surface area contributed by atoms with Crippen LogP contribution >= 0.6 is 0 Å². The molecule has 0 aliphatic carbocycles. The minimum atomic E-state index is -1.38. The van der Waals surface area contributed by atoms with Crippen molar-refractivity contribution in [1.82, 2.24) is 0 Å². The minimum absolute atomic E-state index is 0.0192.